The molecule has 1 rings (SSSR count). The van der Waals surface area contributed by atoms with Gasteiger partial charge in [0.2, 0.25) is 5.91 Å². The molecule has 0 aromatic rings. The maximum Gasteiger partial charge on any atom is 0.317 e. The third-order valence-electron chi connectivity index (χ3n) is 2.80. The Kier molecular flexibility index (Phi) is 5.37. The molecule has 1 aliphatic rings. The molecule has 0 aromatic heterocycles. The number of carboxylic acids is 1. The highest BCUT2D eigenvalue weighted by atomic mass is 16.4. The number of nitrogens with zero attached hydrogens (tertiary/aromatic N) is 2. The summed E-state index contributed by atoms with van der Waals surface area (Å²) in [7, 11) is 0. The summed E-state index contributed by atoms with van der Waals surface area (Å²) in [5, 5.41) is 8.71. The molecule has 1 aliphatic heterocycles. The van der Waals surface area contributed by atoms with E-state index in [1.165, 1.54) is 0 Å². The molecule has 0 saturated carbocycles. The minimum absolute atomic E-state index is 0.0509. The lowest BCUT2D eigenvalue weighted by Crippen LogP contribution is -2.38. The number of rotatable bonds is 4. The Labute approximate surface area is 101 Å². The number of carbonyl (C=O) groups is 2. The van der Waals surface area contributed by atoms with E-state index < -0.39 is 5.97 Å². The van der Waals surface area contributed by atoms with Crippen molar-refractivity contribution in [2.75, 3.05) is 32.7 Å². The lowest BCUT2D eigenvalue weighted by molar-refractivity contribution is -0.138. The van der Waals surface area contributed by atoms with Crippen molar-refractivity contribution in [1.29, 1.82) is 0 Å². The van der Waals surface area contributed by atoms with Gasteiger partial charge in [-0.05, 0) is 13.3 Å². The Balaban J connectivity index is 2.41. The molecule has 0 aliphatic carbocycles. The SMILES string of the molecule is CC(N)CC(=O)N1CCCN(CC(=O)O)CC1. The highest BCUT2D eigenvalue weighted by molar-refractivity contribution is 5.76. The number of hydrogen-bond acceptors (Lipinski definition) is 4. The molecule has 1 atom stereocenters. The lowest BCUT2D eigenvalue weighted by Gasteiger charge is -2.22. The van der Waals surface area contributed by atoms with Crippen LogP contribution >= 0.6 is 0 Å². The Morgan fingerprint density at radius 3 is 2.59 bits per heavy atom. The van der Waals surface area contributed by atoms with Crippen molar-refractivity contribution in [1.82, 2.24) is 9.80 Å². The summed E-state index contributed by atoms with van der Waals surface area (Å²) in [6.45, 7) is 4.51. The number of nitrogens with two attached hydrogens (primary N) is 1. The predicted octanol–water partition coefficient (Wildman–Crippen LogP) is -0.657. The Morgan fingerprint density at radius 2 is 2.00 bits per heavy atom. The van der Waals surface area contributed by atoms with Crippen LogP contribution in [0.2, 0.25) is 0 Å². The second-order valence-corrected chi connectivity index (χ2v) is 4.59. The van der Waals surface area contributed by atoms with Crippen molar-refractivity contribution in [3.8, 4) is 0 Å². The molecule has 1 heterocycles. The average Bonchev–Trinajstić information content (AvgIpc) is 2.41. The van der Waals surface area contributed by atoms with Crippen molar-refractivity contribution in [3.63, 3.8) is 0 Å². The highest BCUT2D eigenvalue weighted by Crippen LogP contribution is 2.05. The highest BCUT2D eigenvalue weighted by Gasteiger charge is 2.20. The van der Waals surface area contributed by atoms with E-state index in [1.807, 2.05) is 11.8 Å². The standard InChI is InChI=1S/C11H21N3O3/c1-9(12)7-10(15)14-4-2-3-13(5-6-14)8-11(16)17/h9H,2-8,12H2,1H3,(H,16,17). The topological polar surface area (TPSA) is 86.9 Å². The van der Waals surface area contributed by atoms with E-state index in [-0.39, 0.29) is 18.5 Å². The minimum atomic E-state index is -0.819. The zero-order valence-corrected chi connectivity index (χ0v) is 10.3. The summed E-state index contributed by atoms with van der Waals surface area (Å²) in [6, 6.07) is -0.124. The molecule has 6 heteroatoms. The maximum atomic E-state index is 11.8. The summed E-state index contributed by atoms with van der Waals surface area (Å²) in [5.41, 5.74) is 5.60. The molecule has 1 fully saturated rings. The van der Waals surface area contributed by atoms with Crippen LogP contribution in [0.4, 0.5) is 0 Å². The third-order valence-corrected chi connectivity index (χ3v) is 2.80. The number of aliphatic carboxylic acids is 1. The van der Waals surface area contributed by atoms with Gasteiger partial charge in [0.05, 0.1) is 6.54 Å². The summed E-state index contributed by atoms with van der Waals surface area (Å²) in [5.74, 6) is -0.752. The normalized spacial score (nSPS) is 19.8. The summed E-state index contributed by atoms with van der Waals surface area (Å²) < 4.78 is 0. The Bertz CT molecular complexity index is 281. The van der Waals surface area contributed by atoms with Crippen molar-refractivity contribution in [3.05, 3.63) is 0 Å². The largest absolute Gasteiger partial charge is 0.480 e. The fourth-order valence-electron chi connectivity index (χ4n) is 1.97. The molecule has 0 radical (unpaired) electrons. The molecule has 0 aromatic carbocycles. The van der Waals surface area contributed by atoms with Gasteiger partial charge in [0.25, 0.3) is 0 Å². The maximum absolute atomic E-state index is 11.8. The first kappa shape index (κ1) is 13.9. The van der Waals surface area contributed by atoms with Crippen molar-refractivity contribution < 1.29 is 14.7 Å². The molecule has 1 amide bonds. The molecule has 17 heavy (non-hydrogen) atoms. The number of hydrogen-bond donors (Lipinski definition) is 2. The van der Waals surface area contributed by atoms with Crippen molar-refractivity contribution in [2.45, 2.75) is 25.8 Å². The Hall–Kier alpha value is -1.14. The molecule has 0 spiro atoms. The van der Waals surface area contributed by atoms with Gasteiger partial charge in [-0.25, -0.2) is 0 Å². The summed E-state index contributed by atoms with van der Waals surface area (Å²) in [4.78, 5) is 26.0. The second-order valence-electron chi connectivity index (χ2n) is 4.59. The van der Waals surface area contributed by atoms with Gasteiger partial charge in [-0.15, -0.1) is 0 Å². The molecule has 0 bridgehead atoms. The molecule has 6 nitrogen and oxygen atoms in total. The van der Waals surface area contributed by atoms with Crippen LogP contribution in [0.25, 0.3) is 0 Å². The van der Waals surface area contributed by atoms with E-state index in [4.69, 9.17) is 10.8 Å². The first-order chi connectivity index (χ1) is 7.99. The fraction of sp³-hybridized carbons (Fsp3) is 0.818. The van der Waals surface area contributed by atoms with Crippen LogP contribution in [0.15, 0.2) is 0 Å². The number of carbonyl (C=O) groups excluding carboxylic acids is 1. The number of carboxylic acid groups (broad SMARTS) is 1. The minimum Gasteiger partial charge on any atom is -0.480 e. The molecule has 1 unspecified atom stereocenters. The first-order valence-corrected chi connectivity index (χ1v) is 5.96. The van der Waals surface area contributed by atoms with Gasteiger partial charge in [-0.2, -0.15) is 0 Å². The first-order valence-electron chi connectivity index (χ1n) is 5.96. The van der Waals surface area contributed by atoms with Gasteiger partial charge in [-0.1, -0.05) is 0 Å². The van der Waals surface area contributed by atoms with Gasteiger partial charge in [-0.3, -0.25) is 14.5 Å². The van der Waals surface area contributed by atoms with E-state index in [2.05, 4.69) is 0 Å². The zero-order chi connectivity index (χ0) is 12.8. The predicted molar refractivity (Wildman–Crippen MR) is 63.5 cm³/mol. The smallest absolute Gasteiger partial charge is 0.317 e. The third kappa shape index (κ3) is 5.14. The van der Waals surface area contributed by atoms with Crippen LogP contribution in [0.5, 0.6) is 0 Å². The lowest BCUT2D eigenvalue weighted by atomic mass is 10.2. The summed E-state index contributed by atoms with van der Waals surface area (Å²) >= 11 is 0. The van der Waals surface area contributed by atoms with Crippen LogP contribution in [-0.2, 0) is 9.59 Å². The van der Waals surface area contributed by atoms with Crippen molar-refractivity contribution >= 4 is 11.9 Å². The van der Waals surface area contributed by atoms with Crippen LogP contribution in [0.1, 0.15) is 19.8 Å². The van der Waals surface area contributed by atoms with E-state index in [1.54, 1.807) is 4.90 Å². The van der Waals surface area contributed by atoms with Crippen LogP contribution in [-0.4, -0.2) is 65.5 Å². The van der Waals surface area contributed by atoms with Gasteiger partial charge in [0.1, 0.15) is 0 Å². The van der Waals surface area contributed by atoms with Crippen LogP contribution in [0.3, 0.4) is 0 Å². The molecule has 1 saturated heterocycles. The van der Waals surface area contributed by atoms with Gasteiger partial charge >= 0.3 is 5.97 Å². The monoisotopic (exact) mass is 243 g/mol. The average molecular weight is 243 g/mol. The second kappa shape index (κ2) is 6.56. The van der Waals surface area contributed by atoms with E-state index in [9.17, 15) is 9.59 Å². The fourth-order valence-corrected chi connectivity index (χ4v) is 1.97. The van der Waals surface area contributed by atoms with Crippen molar-refractivity contribution in [2.24, 2.45) is 5.73 Å². The van der Waals surface area contributed by atoms with E-state index in [0.29, 0.717) is 26.1 Å². The van der Waals surface area contributed by atoms with Crippen LogP contribution in [0, 0.1) is 0 Å². The molecular weight excluding hydrogens is 222 g/mol. The van der Waals surface area contributed by atoms with Gasteiger partial charge in [0.15, 0.2) is 0 Å². The van der Waals surface area contributed by atoms with E-state index in [0.717, 1.165) is 13.0 Å². The number of amides is 1. The van der Waals surface area contributed by atoms with Crippen LogP contribution < -0.4 is 5.73 Å². The Morgan fingerprint density at radius 1 is 1.29 bits per heavy atom. The summed E-state index contributed by atoms with van der Waals surface area (Å²) in [6.07, 6.45) is 1.18. The molecule has 3 N–H and O–H groups in total. The molecule has 98 valence electrons. The quantitative estimate of drug-likeness (QED) is 0.684. The zero-order valence-electron chi connectivity index (χ0n) is 10.3. The van der Waals surface area contributed by atoms with E-state index >= 15 is 0 Å². The molecular formula is C11H21N3O3. The van der Waals surface area contributed by atoms with Gasteiger partial charge < -0.3 is 15.7 Å². The van der Waals surface area contributed by atoms with Gasteiger partial charge in [0, 0.05) is 38.6 Å².